The van der Waals surface area contributed by atoms with Crippen LogP contribution in [-0.2, 0) is 11.2 Å². The number of likely N-dealkylation sites (N-methyl/N-ethyl adjacent to an activating group) is 1. The number of nitrogens with zero attached hydrogens (tertiary/aromatic N) is 1. The van der Waals surface area contributed by atoms with Crippen molar-refractivity contribution in [1.29, 1.82) is 0 Å². The average molecular weight is 293 g/mol. The minimum absolute atomic E-state index is 0.0499. The summed E-state index contributed by atoms with van der Waals surface area (Å²) in [6.45, 7) is 4.10. The summed E-state index contributed by atoms with van der Waals surface area (Å²) in [7, 11) is 1.80. The van der Waals surface area contributed by atoms with E-state index in [1.165, 1.54) is 5.56 Å². The molecule has 0 N–H and O–H groups in total. The SMILES string of the molecule is Cc1cc(C)c2c(CC(=O)N(C)c3ccccc3)coc2c1. The number of furan rings is 1. The van der Waals surface area contributed by atoms with Crippen molar-refractivity contribution in [2.45, 2.75) is 20.3 Å². The minimum atomic E-state index is 0.0499. The van der Waals surface area contributed by atoms with E-state index in [4.69, 9.17) is 4.42 Å². The zero-order chi connectivity index (χ0) is 15.7. The number of aryl methyl sites for hydroxylation is 2. The maximum atomic E-state index is 12.5. The molecular weight excluding hydrogens is 274 g/mol. The zero-order valence-corrected chi connectivity index (χ0v) is 13.1. The van der Waals surface area contributed by atoms with Gasteiger partial charge in [-0.1, -0.05) is 24.3 Å². The van der Waals surface area contributed by atoms with Gasteiger partial charge < -0.3 is 9.32 Å². The molecule has 0 saturated carbocycles. The van der Waals surface area contributed by atoms with Gasteiger partial charge in [-0.05, 0) is 43.2 Å². The van der Waals surface area contributed by atoms with E-state index in [0.717, 1.165) is 27.8 Å². The van der Waals surface area contributed by atoms with Crippen LogP contribution in [0.3, 0.4) is 0 Å². The Hall–Kier alpha value is -2.55. The molecule has 0 aliphatic rings. The van der Waals surface area contributed by atoms with Crippen LogP contribution >= 0.6 is 0 Å². The molecule has 0 spiro atoms. The minimum Gasteiger partial charge on any atom is -0.464 e. The van der Waals surface area contributed by atoms with Crippen LogP contribution in [0.2, 0.25) is 0 Å². The summed E-state index contributed by atoms with van der Waals surface area (Å²) in [4.78, 5) is 14.2. The van der Waals surface area contributed by atoms with Crippen molar-refractivity contribution >= 4 is 22.6 Å². The fourth-order valence-corrected chi connectivity index (χ4v) is 2.83. The quantitative estimate of drug-likeness (QED) is 0.723. The van der Waals surface area contributed by atoms with Gasteiger partial charge in [0.1, 0.15) is 5.58 Å². The normalized spacial score (nSPS) is 10.9. The molecule has 0 aliphatic carbocycles. The second-order valence-electron chi connectivity index (χ2n) is 5.68. The number of carbonyl (C=O) groups is 1. The third-order valence-electron chi connectivity index (χ3n) is 3.95. The predicted molar refractivity (Wildman–Crippen MR) is 89.2 cm³/mol. The molecule has 3 heteroatoms. The molecule has 3 aromatic rings. The topological polar surface area (TPSA) is 33.5 Å². The van der Waals surface area contributed by atoms with E-state index in [9.17, 15) is 4.79 Å². The van der Waals surface area contributed by atoms with Crippen molar-refractivity contribution in [3.8, 4) is 0 Å². The van der Waals surface area contributed by atoms with Gasteiger partial charge in [0.25, 0.3) is 0 Å². The molecule has 3 nitrogen and oxygen atoms in total. The number of fused-ring (bicyclic) bond motifs is 1. The van der Waals surface area contributed by atoms with Crippen molar-refractivity contribution in [1.82, 2.24) is 0 Å². The fraction of sp³-hybridized carbons (Fsp3) is 0.211. The lowest BCUT2D eigenvalue weighted by molar-refractivity contribution is -0.117. The first-order valence-corrected chi connectivity index (χ1v) is 7.35. The van der Waals surface area contributed by atoms with E-state index in [1.54, 1.807) is 18.2 Å². The van der Waals surface area contributed by atoms with E-state index in [1.807, 2.05) is 43.3 Å². The molecule has 0 bridgehead atoms. The van der Waals surface area contributed by atoms with Crippen LogP contribution in [0.5, 0.6) is 0 Å². The van der Waals surface area contributed by atoms with Crippen LogP contribution in [0.15, 0.2) is 53.1 Å². The Kier molecular flexibility index (Phi) is 3.72. The number of para-hydroxylation sites is 1. The summed E-state index contributed by atoms with van der Waals surface area (Å²) in [5.41, 5.74) is 5.00. The first-order chi connectivity index (χ1) is 10.6. The molecule has 0 fully saturated rings. The van der Waals surface area contributed by atoms with Crippen molar-refractivity contribution in [3.05, 3.63) is 65.4 Å². The molecule has 112 valence electrons. The van der Waals surface area contributed by atoms with Crippen LogP contribution in [0.25, 0.3) is 11.0 Å². The highest BCUT2D eigenvalue weighted by Gasteiger charge is 2.16. The highest BCUT2D eigenvalue weighted by atomic mass is 16.3. The summed E-state index contributed by atoms with van der Waals surface area (Å²) < 4.78 is 5.63. The van der Waals surface area contributed by atoms with Gasteiger partial charge >= 0.3 is 0 Å². The predicted octanol–water partition coefficient (Wildman–Crippen LogP) is 4.26. The Labute approximate surface area is 130 Å². The van der Waals surface area contributed by atoms with Gasteiger partial charge in [-0.2, -0.15) is 0 Å². The molecule has 0 atom stereocenters. The summed E-state index contributed by atoms with van der Waals surface area (Å²) >= 11 is 0. The van der Waals surface area contributed by atoms with Gasteiger partial charge in [-0.25, -0.2) is 0 Å². The van der Waals surface area contributed by atoms with Crippen molar-refractivity contribution in [2.75, 3.05) is 11.9 Å². The monoisotopic (exact) mass is 293 g/mol. The molecule has 22 heavy (non-hydrogen) atoms. The van der Waals surface area contributed by atoms with Gasteiger partial charge in [0, 0.05) is 23.7 Å². The fourth-order valence-electron chi connectivity index (χ4n) is 2.83. The van der Waals surface area contributed by atoms with E-state index in [-0.39, 0.29) is 5.91 Å². The highest BCUT2D eigenvalue weighted by Crippen LogP contribution is 2.27. The van der Waals surface area contributed by atoms with Crippen LogP contribution < -0.4 is 4.90 Å². The highest BCUT2D eigenvalue weighted by molar-refractivity contribution is 5.97. The van der Waals surface area contributed by atoms with E-state index >= 15 is 0 Å². The zero-order valence-electron chi connectivity index (χ0n) is 13.1. The lowest BCUT2D eigenvalue weighted by Crippen LogP contribution is -2.27. The molecule has 0 unspecified atom stereocenters. The van der Waals surface area contributed by atoms with Crippen LogP contribution in [0.1, 0.15) is 16.7 Å². The molecule has 0 radical (unpaired) electrons. The average Bonchev–Trinajstić information content (AvgIpc) is 2.90. The molecular formula is C19H19NO2. The van der Waals surface area contributed by atoms with Crippen LogP contribution in [-0.4, -0.2) is 13.0 Å². The summed E-state index contributed by atoms with van der Waals surface area (Å²) in [5.74, 6) is 0.0499. The van der Waals surface area contributed by atoms with Gasteiger partial charge in [-0.15, -0.1) is 0 Å². The molecule has 3 rings (SSSR count). The second-order valence-corrected chi connectivity index (χ2v) is 5.68. The van der Waals surface area contributed by atoms with E-state index in [2.05, 4.69) is 13.0 Å². The molecule has 1 amide bonds. The summed E-state index contributed by atoms with van der Waals surface area (Å²) in [6.07, 6.45) is 2.04. The maximum absolute atomic E-state index is 12.5. The number of rotatable bonds is 3. The number of carbonyl (C=O) groups excluding carboxylic acids is 1. The number of hydrogen-bond donors (Lipinski definition) is 0. The van der Waals surface area contributed by atoms with E-state index in [0.29, 0.717) is 6.42 Å². The second kappa shape index (κ2) is 5.68. The molecule has 1 aromatic heterocycles. The first-order valence-electron chi connectivity index (χ1n) is 7.35. The molecule has 0 saturated heterocycles. The third-order valence-corrected chi connectivity index (χ3v) is 3.95. The Morgan fingerprint density at radius 1 is 1.14 bits per heavy atom. The standard InChI is InChI=1S/C19H19NO2/c1-13-9-14(2)19-15(12-22-17(19)10-13)11-18(21)20(3)16-7-5-4-6-8-16/h4-10,12H,11H2,1-3H3. The Bertz CT molecular complexity index is 818. The lowest BCUT2D eigenvalue weighted by atomic mass is 10.0. The van der Waals surface area contributed by atoms with Crippen molar-refractivity contribution in [3.63, 3.8) is 0 Å². The lowest BCUT2D eigenvalue weighted by Gasteiger charge is -2.17. The number of hydrogen-bond acceptors (Lipinski definition) is 2. The van der Waals surface area contributed by atoms with Gasteiger partial charge in [0.2, 0.25) is 5.91 Å². The number of benzene rings is 2. The van der Waals surface area contributed by atoms with Gasteiger partial charge in [0.15, 0.2) is 0 Å². The van der Waals surface area contributed by atoms with Gasteiger partial charge in [0.05, 0.1) is 12.7 Å². The number of anilines is 1. The Morgan fingerprint density at radius 2 is 1.86 bits per heavy atom. The van der Waals surface area contributed by atoms with E-state index < -0.39 is 0 Å². The van der Waals surface area contributed by atoms with Crippen molar-refractivity contribution < 1.29 is 9.21 Å². The summed E-state index contributed by atoms with van der Waals surface area (Å²) in [5, 5.41) is 1.06. The third kappa shape index (κ3) is 2.62. The summed E-state index contributed by atoms with van der Waals surface area (Å²) in [6, 6.07) is 13.8. The Morgan fingerprint density at radius 3 is 2.59 bits per heavy atom. The first kappa shape index (κ1) is 14.4. The van der Waals surface area contributed by atoms with Crippen LogP contribution in [0, 0.1) is 13.8 Å². The van der Waals surface area contributed by atoms with Crippen LogP contribution in [0.4, 0.5) is 5.69 Å². The number of amides is 1. The smallest absolute Gasteiger partial charge is 0.231 e. The molecule has 0 aliphatic heterocycles. The largest absolute Gasteiger partial charge is 0.464 e. The van der Waals surface area contributed by atoms with Crippen molar-refractivity contribution in [2.24, 2.45) is 0 Å². The van der Waals surface area contributed by atoms with Gasteiger partial charge in [-0.3, -0.25) is 4.79 Å². The maximum Gasteiger partial charge on any atom is 0.231 e. The molecule has 1 heterocycles. The Balaban J connectivity index is 1.89. The molecule has 2 aromatic carbocycles.